The third kappa shape index (κ3) is 5.06. The number of carbonyl (C=O) groups excluding carboxylic acids is 1. The molecule has 1 aromatic rings. The van der Waals surface area contributed by atoms with E-state index >= 15 is 0 Å². The number of carbonyl (C=O) groups is 2. The van der Waals surface area contributed by atoms with Crippen molar-refractivity contribution in [2.75, 3.05) is 7.11 Å². The van der Waals surface area contributed by atoms with Crippen LogP contribution in [-0.2, 0) is 9.59 Å². The Bertz CT molecular complexity index is 496. The molecule has 22 heavy (non-hydrogen) atoms. The lowest BCUT2D eigenvalue weighted by atomic mass is 9.94. The maximum Gasteiger partial charge on any atom is 0.326 e. The second kappa shape index (κ2) is 8.41. The molecule has 0 aromatic heterocycles. The standard InChI is InChI=1S/C17H25NO4/c1-5-14(12-6-8-13(22-4)9-7-12)16(19)18-15(17(20)21)10-11(2)3/h6-9,11,14-15H,5,10H2,1-4H3,(H,18,19)(H,20,21). The number of hydrogen-bond acceptors (Lipinski definition) is 3. The Morgan fingerprint density at radius 2 is 1.82 bits per heavy atom. The van der Waals surface area contributed by atoms with E-state index in [0.29, 0.717) is 12.8 Å². The summed E-state index contributed by atoms with van der Waals surface area (Å²) >= 11 is 0. The van der Waals surface area contributed by atoms with Crippen LogP contribution in [-0.4, -0.2) is 30.1 Å². The zero-order chi connectivity index (χ0) is 16.7. The van der Waals surface area contributed by atoms with Crippen LogP contribution in [0.1, 0.15) is 45.1 Å². The molecule has 0 bridgehead atoms. The van der Waals surface area contributed by atoms with Crippen LogP contribution in [0.4, 0.5) is 0 Å². The molecule has 1 aromatic carbocycles. The topological polar surface area (TPSA) is 75.6 Å². The van der Waals surface area contributed by atoms with Crippen LogP contribution in [0.2, 0.25) is 0 Å². The predicted octanol–water partition coefficient (Wildman–Crippen LogP) is 2.80. The van der Waals surface area contributed by atoms with Crippen molar-refractivity contribution in [3.05, 3.63) is 29.8 Å². The monoisotopic (exact) mass is 307 g/mol. The number of aliphatic carboxylic acids is 1. The van der Waals surface area contributed by atoms with E-state index in [-0.39, 0.29) is 17.7 Å². The van der Waals surface area contributed by atoms with Gasteiger partial charge in [-0.25, -0.2) is 4.79 Å². The van der Waals surface area contributed by atoms with Crippen LogP contribution >= 0.6 is 0 Å². The lowest BCUT2D eigenvalue weighted by Crippen LogP contribution is -2.43. The number of ether oxygens (including phenoxy) is 1. The number of benzene rings is 1. The largest absolute Gasteiger partial charge is 0.497 e. The Hall–Kier alpha value is -2.04. The molecule has 0 fully saturated rings. The minimum Gasteiger partial charge on any atom is -0.497 e. The van der Waals surface area contributed by atoms with Gasteiger partial charge in [0, 0.05) is 0 Å². The van der Waals surface area contributed by atoms with Gasteiger partial charge >= 0.3 is 5.97 Å². The summed E-state index contributed by atoms with van der Waals surface area (Å²) in [6.45, 7) is 5.78. The van der Waals surface area contributed by atoms with Gasteiger partial charge in [-0.1, -0.05) is 32.9 Å². The Kier molecular flexibility index (Phi) is 6.89. The van der Waals surface area contributed by atoms with Crippen LogP contribution in [0.25, 0.3) is 0 Å². The molecule has 0 saturated heterocycles. The van der Waals surface area contributed by atoms with Gasteiger partial charge in [0.2, 0.25) is 5.91 Å². The average Bonchev–Trinajstić information content (AvgIpc) is 2.47. The fraction of sp³-hybridized carbons (Fsp3) is 0.529. The molecule has 0 aliphatic rings. The van der Waals surface area contributed by atoms with E-state index in [4.69, 9.17) is 4.74 Å². The molecule has 0 aliphatic heterocycles. The van der Waals surface area contributed by atoms with E-state index in [1.54, 1.807) is 19.2 Å². The highest BCUT2D eigenvalue weighted by Gasteiger charge is 2.25. The van der Waals surface area contributed by atoms with Crippen LogP contribution in [0.15, 0.2) is 24.3 Å². The normalized spacial score (nSPS) is 13.5. The third-order valence-electron chi connectivity index (χ3n) is 3.56. The number of carboxylic acids is 1. The first-order chi connectivity index (χ1) is 10.4. The van der Waals surface area contributed by atoms with Gasteiger partial charge in [-0.2, -0.15) is 0 Å². The fourth-order valence-electron chi connectivity index (χ4n) is 2.37. The quantitative estimate of drug-likeness (QED) is 0.774. The van der Waals surface area contributed by atoms with Crippen LogP contribution in [0.3, 0.4) is 0 Å². The molecular weight excluding hydrogens is 282 g/mol. The number of methoxy groups -OCH3 is 1. The third-order valence-corrected chi connectivity index (χ3v) is 3.56. The second-order valence-corrected chi connectivity index (χ2v) is 5.76. The van der Waals surface area contributed by atoms with E-state index in [1.807, 2.05) is 32.9 Å². The molecule has 1 amide bonds. The number of amides is 1. The molecule has 0 heterocycles. The van der Waals surface area contributed by atoms with Gasteiger partial charge in [0.1, 0.15) is 11.8 Å². The minimum atomic E-state index is -0.994. The molecule has 5 heteroatoms. The molecule has 5 nitrogen and oxygen atoms in total. The fourth-order valence-corrected chi connectivity index (χ4v) is 2.37. The molecular formula is C17H25NO4. The molecule has 0 aliphatic carbocycles. The molecule has 1 rings (SSSR count). The molecule has 2 N–H and O–H groups in total. The highest BCUT2D eigenvalue weighted by molar-refractivity contribution is 5.88. The minimum absolute atomic E-state index is 0.197. The SMILES string of the molecule is CCC(C(=O)NC(CC(C)C)C(=O)O)c1ccc(OC)cc1. The highest BCUT2D eigenvalue weighted by Crippen LogP contribution is 2.23. The van der Waals surface area contributed by atoms with Crippen molar-refractivity contribution in [2.24, 2.45) is 5.92 Å². The van der Waals surface area contributed by atoms with Crippen LogP contribution < -0.4 is 10.1 Å². The highest BCUT2D eigenvalue weighted by atomic mass is 16.5. The lowest BCUT2D eigenvalue weighted by molar-refractivity contribution is -0.142. The van der Waals surface area contributed by atoms with Crippen LogP contribution in [0.5, 0.6) is 5.75 Å². The van der Waals surface area contributed by atoms with Crippen molar-refractivity contribution in [2.45, 2.75) is 45.6 Å². The maximum atomic E-state index is 12.4. The molecule has 2 unspecified atom stereocenters. The van der Waals surface area contributed by atoms with Crippen molar-refractivity contribution in [1.82, 2.24) is 5.32 Å². The summed E-state index contributed by atoms with van der Waals surface area (Å²) in [5.41, 5.74) is 0.856. The summed E-state index contributed by atoms with van der Waals surface area (Å²) in [6, 6.07) is 6.43. The van der Waals surface area contributed by atoms with Crippen molar-refractivity contribution < 1.29 is 19.4 Å². The van der Waals surface area contributed by atoms with E-state index in [9.17, 15) is 14.7 Å². The Balaban J connectivity index is 2.83. The van der Waals surface area contributed by atoms with Gasteiger partial charge in [0.25, 0.3) is 0 Å². The van der Waals surface area contributed by atoms with E-state index < -0.39 is 12.0 Å². The summed E-state index contributed by atoms with van der Waals surface area (Å²) in [7, 11) is 1.59. The lowest BCUT2D eigenvalue weighted by Gasteiger charge is -2.21. The van der Waals surface area contributed by atoms with Gasteiger partial charge < -0.3 is 15.2 Å². The average molecular weight is 307 g/mol. The summed E-state index contributed by atoms with van der Waals surface area (Å²) in [5.74, 6) is -0.683. The summed E-state index contributed by atoms with van der Waals surface area (Å²) in [4.78, 5) is 23.7. The summed E-state index contributed by atoms with van der Waals surface area (Å²) in [5, 5.41) is 11.9. The maximum absolute atomic E-state index is 12.4. The summed E-state index contributed by atoms with van der Waals surface area (Å²) < 4.78 is 5.10. The predicted molar refractivity (Wildman–Crippen MR) is 85.0 cm³/mol. The Labute approximate surface area is 131 Å². The number of hydrogen-bond donors (Lipinski definition) is 2. The van der Waals surface area contributed by atoms with E-state index in [2.05, 4.69) is 5.32 Å². The van der Waals surface area contributed by atoms with E-state index in [1.165, 1.54) is 0 Å². The molecule has 0 saturated carbocycles. The smallest absolute Gasteiger partial charge is 0.326 e. The van der Waals surface area contributed by atoms with Crippen LogP contribution in [0, 0.1) is 5.92 Å². The van der Waals surface area contributed by atoms with Crippen molar-refractivity contribution >= 4 is 11.9 Å². The van der Waals surface area contributed by atoms with Crippen molar-refractivity contribution in [3.63, 3.8) is 0 Å². The Morgan fingerprint density at radius 1 is 1.23 bits per heavy atom. The van der Waals surface area contributed by atoms with Gasteiger partial charge in [-0.05, 0) is 36.5 Å². The first-order valence-electron chi connectivity index (χ1n) is 7.56. The van der Waals surface area contributed by atoms with E-state index in [0.717, 1.165) is 11.3 Å². The second-order valence-electron chi connectivity index (χ2n) is 5.76. The number of rotatable bonds is 8. The van der Waals surface area contributed by atoms with Gasteiger partial charge in [-0.15, -0.1) is 0 Å². The molecule has 0 radical (unpaired) electrons. The number of carboxylic acid groups (broad SMARTS) is 1. The molecule has 2 atom stereocenters. The van der Waals surface area contributed by atoms with Gasteiger partial charge in [0.15, 0.2) is 0 Å². The van der Waals surface area contributed by atoms with Crippen molar-refractivity contribution in [3.8, 4) is 5.75 Å². The first kappa shape index (κ1) is 18.0. The number of nitrogens with one attached hydrogen (secondary N) is 1. The first-order valence-corrected chi connectivity index (χ1v) is 7.56. The molecule has 0 spiro atoms. The van der Waals surface area contributed by atoms with Crippen molar-refractivity contribution in [1.29, 1.82) is 0 Å². The zero-order valence-electron chi connectivity index (χ0n) is 13.6. The van der Waals surface area contributed by atoms with Gasteiger partial charge in [0.05, 0.1) is 13.0 Å². The zero-order valence-corrected chi connectivity index (χ0v) is 13.6. The molecule has 122 valence electrons. The Morgan fingerprint density at radius 3 is 2.23 bits per heavy atom. The summed E-state index contributed by atoms with van der Waals surface area (Å²) in [6.07, 6.45) is 1.02. The van der Waals surface area contributed by atoms with Gasteiger partial charge in [-0.3, -0.25) is 4.79 Å².